The highest BCUT2D eigenvalue weighted by Crippen LogP contribution is 2.48. The van der Waals surface area contributed by atoms with Gasteiger partial charge < -0.3 is 38.9 Å². The number of methoxy groups -OCH3 is 1. The largest absolute Gasteiger partial charge is 0.497 e. The molecular weight excluding hydrogens is 749 g/mol. The van der Waals surface area contributed by atoms with Crippen molar-refractivity contribution in [3.8, 4) is 23.2 Å². The molecule has 2 aromatic heterocycles. The number of carbonyl (C=O) groups is 4. The van der Waals surface area contributed by atoms with E-state index in [-0.39, 0.29) is 43.7 Å². The minimum absolute atomic E-state index is 0.0249. The lowest BCUT2D eigenvalue weighted by Gasteiger charge is -2.30. The number of carbonyl (C=O) groups excluding carboxylic acids is 4. The van der Waals surface area contributed by atoms with Crippen molar-refractivity contribution >= 4 is 44.6 Å². The van der Waals surface area contributed by atoms with Crippen LogP contribution in [0, 0.1) is 5.92 Å². The molecule has 7 rings (SSSR count). The van der Waals surface area contributed by atoms with E-state index in [1.165, 1.54) is 17.4 Å². The summed E-state index contributed by atoms with van der Waals surface area (Å²) in [7, 11) is -2.35. The third kappa shape index (κ3) is 8.70. The van der Waals surface area contributed by atoms with Crippen LogP contribution in [0.4, 0.5) is 4.79 Å². The molecule has 3 N–H and O–H groups in total. The molecule has 0 radical (unpaired) electrons. The van der Waals surface area contributed by atoms with E-state index in [1.54, 1.807) is 52.1 Å². The molecular formula is C38H48N6O11S. The molecule has 3 aromatic rings. The van der Waals surface area contributed by atoms with Crippen LogP contribution < -0.4 is 24.8 Å². The van der Waals surface area contributed by atoms with Crippen LogP contribution >= 0.6 is 0 Å². The molecule has 1 aromatic carbocycles. The van der Waals surface area contributed by atoms with E-state index in [0.717, 1.165) is 6.42 Å². The SMILES string of the molecule is COc1ccc2c(O[C@@H]3C[C@H]4C(=O)N[C@]5(C(=O)NS(=O)(=O)C6CC6)C[C@H]5CCCCCOC[C@H](NC(=O)OC(C)(C)C)C(=O)N4C3)nc(-c3ncco3)cc2c1. The van der Waals surface area contributed by atoms with Gasteiger partial charge >= 0.3 is 6.09 Å². The van der Waals surface area contributed by atoms with E-state index in [1.807, 2.05) is 0 Å². The number of sulfonamides is 1. The molecule has 2 saturated heterocycles. The highest BCUT2D eigenvalue weighted by molar-refractivity contribution is 7.91. The second-order valence-electron chi connectivity index (χ2n) is 15.9. The van der Waals surface area contributed by atoms with Crippen LogP contribution in [0.1, 0.15) is 72.1 Å². The van der Waals surface area contributed by atoms with Gasteiger partial charge in [0.15, 0.2) is 0 Å². The first-order valence-corrected chi connectivity index (χ1v) is 20.5. The zero-order valence-electron chi connectivity index (χ0n) is 31.9. The molecule has 17 nitrogen and oxygen atoms in total. The van der Waals surface area contributed by atoms with Crippen molar-refractivity contribution in [2.24, 2.45) is 5.92 Å². The quantitative estimate of drug-likeness (QED) is 0.299. The van der Waals surface area contributed by atoms with E-state index >= 15 is 0 Å². The summed E-state index contributed by atoms with van der Waals surface area (Å²) in [6.45, 7) is 5.09. The van der Waals surface area contributed by atoms with Gasteiger partial charge in [0.2, 0.25) is 33.6 Å². The Kier molecular flexibility index (Phi) is 10.9. The maximum Gasteiger partial charge on any atom is 0.408 e. The lowest BCUT2D eigenvalue weighted by atomic mass is 10.1. The average molecular weight is 797 g/mol. The molecule has 2 aliphatic heterocycles. The van der Waals surface area contributed by atoms with Crippen LogP contribution in [-0.2, 0) is 33.9 Å². The molecule has 4 heterocycles. The first-order chi connectivity index (χ1) is 26.7. The monoisotopic (exact) mass is 796 g/mol. The minimum Gasteiger partial charge on any atom is -0.497 e. The van der Waals surface area contributed by atoms with Gasteiger partial charge in [-0.2, -0.15) is 0 Å². The fourth-order valence-electron chi connectivity index (χ4n) is 7.36. The molecule has 0 unspecified atom stereocenters. The molecule has 5 atom stereocenters. The number of oxazole rings is 1. The maximum atomic E-state index is 14.5. The number of rotatable bonds is 8. The summed E-state index contributed by atoms with van der Waals surface area (Å²) in [4.78, 5) is 66.0. The second kappa shape index (κ2) is 15.5. The zero-order valence-corrected chi connectivity index (χ0v) is 32.7. The predicted molar refractivity (Wildman–Crippen MR) is 200 cm³/mol. The number of fused-ring (bicyclic) bond motifs is 3. The number of ether oxygens (including phenoxy) is 4. The van der Waals surface area contributed by atoms with Gasteiger partial charge in [0.05, 0.1) is 31.7 Å². The third-order valence-corrected chi connectivity index (χ3v) is 12.3. The van der Waals surface area contributed by atoms with Crippen LogP contribution in [0.3, 0.4) is 0 Å². The van der Waals surface area contributed by atoms with Crippen molar-refractivity contribution in [3.63, 3.8) is 0 Å². The Balaban J connectivity index is 1.22. The highest BCUT2D eigenvalue weighted by Gasteiger charge is 2.62. The van der Waals surface area contributed by atoms with Crippen LogP contribution in [0.25, 0.3) is 22.4 Å². The second-order valence-corrected chi connectivity index (χ2v) is 17.8. The first kappa shape index (κ1) is 39.3. The fourth-order valence-corrected chi connectivity index (χ4v) is 8.73. The Labute approximate surface area is 324 Å². The Hall–Kier alpha value is -4.97. The average Bonchev–Trinajstić information content (AvgIpc) is 4.00. The van der Waals surface area contributed by atoms with Crippen molar-refractivity contribution in [1.82, 2.24) is 30.2 Å². The van der Waals surface area contributed by atoms with E-state index in [0.29, 0.717) is 60.9 Å². The number of hydrogen-bond acceptors (Lipinski definition) is 13. The summed E-state index contributed by atoms with van der Waals surface area (Å²) in [5.41, 5.74) is -1.95. The molecule has 2 saturated carbocycles. The van der Waals surface area contributed by atoms with Gasteiger partial charge in [0.1, 0.15) is 47.0 Å². The topological polar surface area (TPSA) is 218 Å². The number of alkyl carbamates (subject to hydrolysis) is 1. The van der Waals surface area contributed by atoms with Crippen LogP contribution in [-0.4, -0.2) is 109 Å². The fraction of sp³-hybridized carbons (Fsp3) is 0.579. The van der Waals surface area contributed by atoms with Gasteiger partial charge in [-0.05, 0) is 88.4 Å². The lowest BCUT2D eigenvalue weighted by Crippen LogP contribution is -2.59. The number of hydrogen-bond donors (Lipinski definition) is 3. The van der Waals surface area contributed by atoms with Gasteiger partial charge in [-0.3, -0.25) is 19.1 Å². The molecule has 18 heteroatoms. The number of nitrogens with one attached hydrogen (secondary N) is 3. The molecule has 4 fully saturated rings. The smallest absolute Gasteiger partial charge is 0.408 e. The Morgan fingerprint density at radius 1 is 1.09 bits per heavy atom. The molecule has 302 valence electrons. The summed E-state index contributed by atoms with van der Waals surface area (Å²) >= 11 is 0. The Morgan fingerprint density at radius 3 is 2.61 bits per heavy atom. The van der Waals surface area contributed by atoms with E-state index in [4.69, 9.17) is 28.3 Å². The summed E-state index contributed by atoms with van der Waals surface area (Å²) in [6.07, 6.45) is 5.08. The number of aromatic nitrogens is 2. The first-order valence-electron chi connectivity index (χ1n) is 19.0. The zero-order chi connectivity index (χ0) is 39.8. The summed E-state index contributed by atoms with van der Waals surface area (Å²) in [5.74, 6) is -1.35. The van der Waals surface area contributed by atoms with E-state index in [2.05, 4.69) is 20.3 Å². The van der Waals surface area contributed by atoms with E-state index < -0.39 is 68.4 Å². The summed E-state index contributed by atoms with van der Waals surface area (Å²) < 4.78 is 56.8. The number of pyridine rings is 1. The third-order valence-electron chi connectivity index (χ3n) is 10.5. The van der Waals surface area contributed by atoms with Crippen LogP contribution in [0.2, 0.25) is 0 Å². The molecule has 4 amide bonds. The molecule has 56 heavy (non-hydrogen) atoms. The Bertz CT molecular complexity index is 2080. The minimum atomic E-state index is -3.90. The van der Waals surface area contributed by atoms with E-state index in [9.17, 15) is 27.6 Å². The van der Waals surface area contributed by atoms with Crippen LogP contribution in [0.5, 0.6) is 11.6 Å². The van der Waals surface area contributed by atoms with Gasteiger partial charge in [0.25, 0.3) is 5.91 Å². The summed E-state index contributed by atoms with van der Waals surface area (Å²) in [6, 6.07) is 4.69. The van der Waals surface area contributed by atoms with Gasteiger partial charge in [-0.25, -0.2) is 23.2 Å². The van der Waals surface area contributed by atoms with Crippen molar-refractivity contribution in [2.75, 3.05) is 26.9 Å². The maximum absolute atomic E-state index is 14.5. The lowest BCUT2D eigenvalue weighted by molar-refractivity contribution is -0.142. The molecule has 4 aliphatic rings. The number of amides is 4. The standard InChI is InChI=1S/C38H48N6O11S/c1-37(2,3)55-36(48)41-29-21-52-14-7-5-6-8-23-19-38(23,35(47)43-56(49,50)26-10-11-26)42-31(45)30-18-25(20-44(30)34(29)46)54-32-27-12-9-24(51-4)16-22(27)17-28(40-32)33-39-13-15-53-33/h9,12-13,15-17,23,25-26,29-30H,5-8,10-11,14,18-21H2,1-4H3,(H,41,48)(H,42,45)(H,43,47)/t23-,25-,29+,30+,38-/m1/s1. The number of benzene rings is 1. The van der Waals surface area contributed by atoms with Gasteiger partial charge in [0, 0.05) is 18.4 Å². The van der Waals surface area contributed by atoms with Crippen LogP contribution in [0.15, 0.2) is 41.1 Å². The normalized spacial score (nSPS) is 26.2. The van der Waals surface area contributed by atoms with Crippen molar-refractivity contribution in [2.45, 2.75) is 107 Å². The van der Waals surface area contributed by atoms with Crippen molar-refractivity contribution < 1.29 is 51.0 Å². The highest BCUT2D eigenvalue weighted by atomic mass is 32.2. The summed E-state index contributed by atoms with van der Waals surface area (Å²) in [5, 5.41) is 6.21. The van der Waals surface area contributed by atoms with Gasteiger partial charge in [-0.1, -0.05) is 12.8 Å². The Morgan fingerprint density at radius 2 is 1.89 bits per heavy atom. The van der Waals surface area contributed by atoms with Crippen molar-refractivity contribution in [3.05, 3.63) is 36.7 Å². The molecule has 2 aliphatic carbocycles. The predicted octanol–water partition coefficient (Wildman–Crippen LogP) is 3.21. The molecule has 0 bridgehead atoms. The van der Waals surface area contributed by atoms with Crippen molar-refractivity contribution in [1.29, 1.82) is 0 Å². The molecule has 0 spiro atoms. The number of nitrogens with zero attached hydrogens (tertiary/aromatic N) is 3. The van der Waals surface area contributed by atoms with Gasteiger partial charge in [-0.15, -0.1) is 0 Å².